The molecule has 0 bridgehead atoms. The van der Waals surface area contributed by atoms with E-state index in [2.05, 4.69) is 21.7 Å². The lowest BCUT2D eigenvalue weighted by molar-refractivity contribution is 0.921. The van der Waals surface area contributed by atoms with Crippen molar-refractivity contribution in [2.75, 3.05) is 5.32 Å². The largest absolute Gasteiger partial charge is 0.358 e. The minimum absolute atomic E-state index is 0.552. The van der Waals surface area contributed by atoms with Crippen LogP contribution in [0.25, 0.3) is 0 Å². The van der Waals surface area contributed by atoms with Gasteiger partial charge in [0.2, 0.25) is 0 Å². The Morgan fingerprint density at radius 2 is 1.95 bits per heavy atom. The van der Waals surface area contributed by atoms with Crippen LogP contribution in [0.3, 0.4) is 0 Å². The zero-order valence-corrected chi connectivity index (χ0v) is 13.0. The first-order chi connectivity index (χ1) is 9.56. The van der Waals surface area contributed by atoms with Gasteiger partial charge in [-0.15, -0.1) is 0 Å². The third kappa shape index (κ3) is 3.92. The number of aryl methyl sites for hydroxylation is 2. The summed E-state index contributed by atoms with van der Waals surface area (Å²) in [6.07, 6.45) is 3.52. The fourth-order valence-electron chi connectivity index (χ4n) is 1.91. The van der Waals surface area contributed by atoms with Gasteiger partial charge in [0.25, 0.3) is 0 Å². The van der Waals surface area contributed by atoms with E-state index in [-0.39, 0.29) is 0 Å². The minimum Gasteiger partial charge on any atom is -0.358 e. The van der Waals surface area contributed by atoms with Gasteiger partial charge >= 0.3 is 0 Å². The molecule has 2 aromatic rings. The molecule has 0 saturated carbocycles. The van der Waals surface area contributed by atoms with E-state index in [1.54, 1.807) is 12.4 Å². The van der Waals surface area contributed by atoms with Crippen LogP contribution in [0, 0.1) is 13.8 Å². The summed E-state index contributed by atoms with van der Waals surface area (Å²) in [6, 6.07) is 7.88. The van der Waals surface area contributed by atoms with E-state index in [0.29, 0.717) is 16.7 Å². The van der Waals surface area contributed by atoms with Gasteiger partial charge in [-0.2, -0.15) is 0 Å². The predicted molar refractivity (Wildman–Crippen MR) is 88.2 cm³/mol. The normalized spacial score (nSPS) is 10.2. The Labute approximate surface area is 129 Å². The zero-order valence-electron chi connectivity index (χ0n) is 11.4. The molecule has 0 atom stereocenters. The van der Waals surface area contributed by atoms with Crippen LogP contribution in [0.1, 0.15) is 16.7 Å². The fraction of sp³-hybridized carbons (Fsp3) is 0.200. The molecule has 5 heteroatoms. The molecule has 0 unspecified atom stereocenters. The van der Waals surface area contributed by atoms with E-state index >= 15 is 0 Å². The van der Waals surface area contributed by atoms with Crippen LogP contribution in [-0.2, 0) is 6.54 Å². The van der Waals surface area contributed by atoms with Crippen molar-refractivity contribution in [3.63, 3.8) is 0 Å². The van der Waals surface area contributed by atoms with E-state index in [1.807, 2.05) is 32.0 Å². The van der Waals surface area contributed by atoms with Gasteiger partial charge in [0, 0.05) is 18.9 Å². The van der Waals surface area contributed by atoms with E-state index in [1.165, 1.54) is 0 Å². The van der Waals surface area contributed by atoms with Crippen LogP contribution in [0.4, 0.5) is 5.69 Å². The third-order valence-corrected chi connectivity index (χ3v) is 3.42. The number of benzene rings is 1. The third-order valence-electron chi connectivity index (χ3n) is 2.87. The highest BCUT2D eigenvalue weighted by molar-refractivity contribution is 7.80. The van der Waals surface area contributed by atoms with E-state index in [0.717, 1.165) is 22.4 Å². The first-order valence-corrected chi connectivity index (χ1v) is 7.05. The van der Waals surface area contributed by atoms with Crippen molar-refractivity contribution in [2.24, 2.45) is 0 Å². The molecule has 0 amide bonds. The van der Waals surface area contributed by atoms with Gasteiger partial charge in [0.1, 0.15) is 0 Å². The molecule has 1 aromatic heterocycles. The standard InChI is InChI=1S/C15H16ClN3S/c1-10-7-11(2)14(13(16)8-10)19-15(20)18-9-12-3-5-17-6-4-12/h3-8H,9H2,1-2H3,(H2,18,19,20). The smallest absolute Gasteiger partial charge is 0.171 e. The molecule has 2 N–H and O–H groups in total. The second kappa shape index (κ2) is 6.68. The Bertz CT molecular complexity index is 591. The average Bonchev–Trinajstić information content (AvgIpc) is 2.42. The highest BCUT2D eigenvalue weighted by atomic mass is 35.5. The summed E-state index contributed by atoms with van der Waals surface area (Å²) in [4.78, 5) is 3.98. The Kier molecular flexibility index (Phi) is 4.93. The van der Waals surface area contributed by atoms with Gasteiger partial charge in [-0.1, -0.05) is 17.7 Å². The summed E-state index contributed by atoms with van der Waals surface area (Å²) >= 11 is 11.5. The summed E-state index contributed by atoms with van der Waals surface area (Å²) < 4.78 is 0. The van der Waals surface area contributed by atoms with Gasteiger partial charge in [-0.3, -0.25) is 4.98 Å². The topological polar surface area (TPSA) is 37.0 Å². The second-order valence-corrected chi connectivity index (χ2v) is 5.42. The molecular formula is C15H16ClN3S. The van der Waals surface area contributed by atoms with Gasteiger partial charge in [-0.25, -0.2) is 0 Å². The van der Waals surface area contributed by atoms with Gasteiger partial charge in [0.15, 0.2) is 5.11 Å². The van der Waals surface area contributed by atoms with Gasteiger partial charge in [0.05, 0.1) is 10.7 Å². The molecule has 0 aliphatic carbocycles. The van der Waals surface area contributed by atoms with E-state index in [9.17, 15) is 0 Å². The molecule has 1 heterocycles. The molecule has 3 nitrogen and oxygen atoms in total. The number of aromatic nitrogens is 1. The van der Waals surface area contributed by atoms with Crippen molar-refractivity contribution in [3.8, 4) is 0 Å². The van der Waals surface area contributed by atoms with E-state index in [4.69, 9.17) is 23.8 Å². The number of halogens is 1. The Morgan fingerprint density at radius 3 is 2.60 bits per heavy atom. The van der Waals surface area contributed by atoms with Crippen LogP contribution in [0.15, 0.2) is 36.7 Å². The lowest BCUT2D eigenvalue weighted by Crippen LogP contribution is -2.28. The monoisotopic (exact) mass is 305 g/mol. The summed E-state index contributed by atoms with van der Waals surface area (Å²) in [6.45, 7) is 4.67. The summed E-state index contributed by atoms with van der Waals surface area (Å²) in [5.74, 6) is 0. The number of pyridine rings is 1. The predicted octanol–water partition coefficient (Wildman–Crippen LogP) is 3.84. The summed E-state index contributed by atoms with van der Waals surface area (Å²) in [5, 5.41) is 7.53. The molecule has 0 aliphatic rings. The van der Waals surface area contributed by atoms with Crippen LogP contribution >= 0.6 is 23.8 Å². The van der Waals surface area contributed by atoms with Gasteiger partial charge < -0.3 is 10.6 Å². The minimum atomic E-state index is 0.552. The average molecular weight is 306 g/mol. The lowest BCUT2D eigenvalue weighted by atomic mass is 10.1. The summed E-state index contributed by atoms with van der Waals surface area (Å²) in [7, 11) is 0. The fourth-order valence-corrected chi connectivity index (χ4v) is 2.46. The Hall–Kier alpha value is -1.65. The molecule has 0 saturated heterocycles. The van der Waals surface area contributed by atoms with Crippen molar-refractivity contribution in [3.05, 3.63) is 58.4 Å². The maximum Gasteiger partial charge on any atom is 0.171 e. The van der Waals surface area contributed by atoms with Crippen molar-refractivity contribution >= 4 is 34.6 Å². The molecule has 0 radical (unpaired) electrons. The number of rotatable bonds is 3. The number of nitrogens with one attached hydrogen (secondary N) is 2. The first kappa shape index (κ1) is 14.8. The molecule has 1 aromatic carbocycles. The van der Waals surface area contributed by atoms with Crippen LogP contribution < -0.4 is 10.6 Å². The molecule has 0 aliphatic heterocycles. The quantitative estimate of drug-likeness (QED) is 0.845. The highest BCUT2D eigenvalue weighted by Gasteiger charge is 2.07. The molecule has 20 heavy (non-hydrogen) atoms. The van der Waals surface area contributed by atoms with Crippen molar-refractivity contribution < 1.29 is 0 Å². The maximum atomic E-state index is 6.24. The Morgan fingerprint density at radius 1 is 1.25 bits per heavy atom. The molecule has 0 fully saturated rings. The van der Waals surface area contributed by atoms with Crippen molar-refractivity contribution in [2.45, 2.75) is 20.4 Å². The van der Waals surface area contributed by atoms with Crippen LogP contribution in [-0.4, -0.2) is 10.1 Å². The van der Waals surface area contributed by atoms with Crippen LogP contribution in [0.2, 0.25) is 5.02 Å². The number of hydrogen-bond donors (Lipinski definition) is 2. The number of anilines is 1. The van der Waals surface area contributed by atoms with E-state index < -0.39 is 0 Å². The maximum absolute atomic E-state index is 6.24. The first-order valence-electron chi connectivity index (χ1n) is 6.27. The van der Waals surface area contributed by atoms with Crippen molar-refractivity contribution in [1.82, 2.24) is 10.3 Å². The lowest BCUT2D eigenvalue weighted by Gasteiger charge is -2.14. The second-order valence-electron chi connectivity index (χ2n) is 4.60. The Balaban J connectivity index is 1.98. The molecule has 2 rings (SSSR count). The molecule has 104 valence electrons. The van der Waals surface area contributed by atoms with Crippen molar-refractivity contribution in [1.29, 1.82) is 0 Å². The zero-order chi connectivity index (χ0) is 14.5. The SMILES string of the molecule is Cc1cc(C)c(NC(=S)NCc2ccncc2)c(Cl)c1. The summed E-state index contributed by atoms with van der Waals surface area (Å²) in [5.41, 5.74) is 4.18. The number of hydrogen-bond acceptors (Lipinski definition) is 2. The number of nitrogens with zero attached hydrogens (tertiary/aromatic N) is 1. The molecule has 0 spiro atoms. The van der Waals surface area contributed by atoms with Crippen LogP contribution in [0.5, 0.6) is 0 Å². The highest BCUT2D eigenvalue weighted by Crippen LogP contribution is 2.27. The van der Waals surface area contributed by atoms with Gasteiger partial charge in [-0.05, 0) is 61.0 Å². The molecular weight excluding hydrogens is 290 g/mol. The number of thiocarbonyl (C=S) groups is 1.